The van der Waals surface area contributed by atoms with Crippen LogP contribution in [0.3, 0.4) is 0 Å². The molecule has 4 rings (SSSR count). The highest BCUT2D eigenvalue weighted by Crippen LogP contribution is 2.27. The first-order chi connectivity index (χ1) is 15.5. The number of nitrogens with zero attached hydrogens (tertiary/aromatic N) is 6. The topological polar surface area (TPSA) is 83.2 Å². The lowest BCUT2D eigenvalue weighted by Gasteiger charge is -2.42. The summed E-state index contributed by atoms with van der Waals surface area (Å²) in [6.07, 6.45) is 2.80. The summed E-state index contributed by atoms with van der Waals surface area (Å²) in [6.45, 7) is 14.0. The fourth-order valence-corrected chi connectivity index (χ4v) is 4.04. The maximum Gasteiger partial charge on any atom is 0.268 e. The van der Waals surface area contributed by atoms with Crippen LogP contribution >= 0.6 is 0 Å². The van der Waals surface area contributed by atoms with Crippen molar-refractivity contribution in [3.63, 3.8) is 0 Å². The van der Waals surface area contributed by atoms with E-state index in [-0.39, 0.29) is 2.85 Å². The zero-order valence-corrected chi connectivity index (χ0v) is 19.3. The molecular weight excluding hydrogens is 402 g/mol. The number of hydrogen-bond donors (Lipinski definition) is 1. The summed E-state index contributed by atoms with van der Waals surface area (Å²) < 4.78 is 5.98. The van der Waals surface area contributed by atoms with Crippen LogP contribution in [0, 0.1) is 6.92 Å². The quantitative estimate of drug-likeness (QED) is 0.590. The number of allylic oxidation sites excluding steroid dienone is 1. The molecule has 2 aromatic heterocycles. The van der Waals surface area contributed by atoms with Gasteiger partial charge in [0.25, 0.3) is 5.89 Å². The smallest absolute Gasteiger partial charge is 0.268 e. The summed E-state index contributed by atoms with van der Waals surface area (Å²) in [4.78, 5) is 14.1. The van der Waals surface area contributed by atoms with Crippen LogP contribution in [-0.2, 0) is 6.54 Å². The van der Waals surface area contributed by atoms with E-state index in [2.05, 4.69) is 62.9 Å². The number of piperazine rings is 1. The maximum atomic E-state index is 5.98. The Morgan fingerprint density at radius 2 is 1.97 bits per heavy atom. The van der Waals surface area contributed by atoms with Crippen molar-refractivity contribution in [2.45, 2.75) is 39.8 Å². The van der Waals surface area contributed by atoms with Crippen LogP contribution < -0.4 is 10.2 Å². The van der Waals surface area contributed by atoms with E-state index >= 15 is 0 Å². The summed E-state index contributed by atoms with van der Waals surface area (Å²) in [5.41, 5.74) is 4.65. The van der Waals surface area contributed by atoms with Crippen molar-refractivity contribution in [1.29, 1.82) is 0 Å². The number of anilines is 1. The van der Waals surface area contributed by atoms with Crippen molar-refractivity contribution in [2.24, 2.45) is 0 Å². The van der Waals surface area contributed by atoms with Crippen LogP contribution in [0.2, 0.25) is 0 Å². The summed E-state index contributed by atoms with van der Waals surface area (Å²) in [6, 6.07) is 8.45. The molecular formula is C24H35N7O. The van der Waals surface area contributed by atoms with Gasteiger partial charge in [-0.25, -0.2) is 4.98 Å². The predicted molar refractivity (Wildman–Crippen MR) is 130 cm³/mol. The second-order valence-corrected chi connectivity index (χ2v) is 8.21. The summed E-state index contributed by atoms with van der Waals surface area (Å²) in [5.74, 6) is 1.69. The standard InChI is InChI=1S/C24H31N7O.2H2/c1-6-16(2)31-12-11-30(15-17(31)3)21-14-26-18(4)22(27-21)24-29-28-23(32-24)20-9-7-19(8-10-20)13-25-5;;/h7-10,14,17,25H,2,6,11-13,15H2,1,3-5H3;2*1H/t17-;;/m0../s1. The zero-order chi connectivity index (χ0) is 22.7. The number of hydrogen-bond acceptors (Lipinski definition) is 8. The minimum atomic E-state index is 0. The Hall–Kier alpha value is -3.26. The van der Waals surface area contributed by atoms with E-state index in [1.807, 2.05) is 32.3 Å². The van der Waals surface area contributed by atoms with Gasteiger partial charge in [-0.05, 0) is 45.0 Å². The second kappa shape index (κ2) is 9.48. The molecule has 1 atom stereocenters. The number of aromatic nitrogens is 4. The van der Waals surface area contributed by atoms with Gasteiger partial charge in [0.05, 0.1) is 11.9 Å². The minimum Gasteiger partial charge on any atom is -0.415 e. The highest BCUT2D eigenvalue weighted by atomic mass is 16.4. The lowest BCUT2D eigenvalue weighted by Crippen LogP contribution is -2.51. The summed E-state index contributed by atoms with van der Waals surface area (Å²) in [5, 5.41) is 11.6. The van der Waals surface area contributed by atoms with Crippen molar-refractivity contribution in [1.82, 2.24) is 30.4 Å². The minimum absolute atomic E-state index is 0. The van der Waals surface area contributed by atoms with Crippen molar-refractivity contribution >= 4 is 5.82 Å². The van der Waals surface area contributed by atoms with Crippen LogP contribution in [0.1, 0.15) is 34.4 Å². The molecule has 1 aliphatic rings. The molecule has 1 saturated heterocycles. The molecule has 0 spiro atoms. The third-order valence-electron chi connectivity index (χ3n) is 5.92. The Kier molecular flexibility index (Phi) is 6.50. The Balaban J connectivity index is 0.00000204. The molecule has 1 aliphatic heterocycles. The first kappa shape index (κ1) is 22.0. The van der Waals surface area contributed by atoms with Crippen molar-refractivity contribution in [3.8, 4) is 23.0 Å². The molecule has 0 aliphatic carbocycles. The second-order valence-electron chi connectivity index (χ2n) is 8.21. The van der Waals surface area contributed by atoms with Gasteiger partial charge in [-0.15, -0.1) is 10.2 Å². The summed E-state index contributed by atoms with van der Waals surface area (Å²) >= 11 is 0. The van der Waals surface area contributed by atoms with E-state index < -0.39 is 0 Å². The van der Waals surface area contributed by atoms with E-state index in [0.29, 0.717) is 23.5 Å². The van der Waals surface area contributed by atoms with Gasteiger partial charge in [0.15, 0.2) is 5.69 Å². The fourth-order valence-electron chi connectivity index (χ4n) is 4.04. The first-order valence-electron chi connectivity index (χ1n) is 11.1. The molecule has 0 radical (unpaired) electrons. The van der Waals surface area contributed by atoms with E-state index in [9.17, 15) is 0 Å². The fraction of sp³-hybridized carbons (Fsp3) is 0.417. The Bertz CT molecular complexity index is 1090. The number of rotatable bonds is 7. The van der Waals surface area contributed by atoms with Gasteiger partial charge in [-0.1, -0.05) is 25.6 Å². The van der Waals surface area contributed by atoms with Gasteiger partial charge >= 0.3 is 0 Å². The van der Waals surface area contributed by atoms with Gasteiger partial charge in [0, 0.05) is 46.3 Å². The van der Waals surface area contributed by atoms with Gasteiger partial charge in [0.1, 0.15) is 5.82 Å². The molecule has 3 heterocycles. The molecule has 1 N–H and O–H groups in total. The van der Waals surface area contributed by atoms with Crippen molar-refractivity contribution in [3.05, 3.63) is 54.0 Å². The Morgan fingerprint density at radius 3 is 2.66 bits per heavy atom. The van der Waals surface area contributed by atoms with E-state index in [4.69, 9.17) is 9.40 Å². The number of benzene rings is 1. The monoisotopic (exact) mass is 437 g/mol. The molecule has 32 heavy (non-hydrogen) atoms. The van der Waals surface area contributed by atoms with Crippen molar-refractivity contribution < 1.29 is 7.27 Å². The van der Waals surface area contributed by atoms with Gasteiger partial charge < -0.3 is 19.5 Å². The molecule has 8 nitrogen and oxygen atoms in total. The molecule has 0 bridgehead atoms. The van der Waals surface area contributed by atoms with Crippen molar-refractivity contribution in [2.75, 3.05) is 31.6 Å². The largest absolute Gasteiger partial charge is 0.415 e. The third-order valence-corrected chi connectivity index (χ3v) is 5.92. The van der Waals surface area contributed by atoms with Gasteiger partial charge in [-0.2, -0.15) is 0 Å². The lowest BCUT2D eigenvalue weighted by atomic mass is 10.1. The highest BCUT2D eigenvalue weighted by Gasteiger charge is 2.26. The SMILES string of the molecule is C=C(CC)N1CCN(c2cnc(C)c(-c3nnc(-c4ccc(CNC)cc4)o3)n2)C[C@@H]1C.[HH].[HH]. The number of nitrogens with one attached hydrogen (secondary N) is 1. The van der Waals surface area contributed by atoms with Crippen LogP contribution in [-0.4, -0.2) is 57.8 Å². The molecule has 3 aromatic rings. The molecule has 0 saturated carbocycles. The number of aryl methyl sites for hydroxylation is 1. The molecule has 0 unspecified atom stereocenters. The van der Waals surface area contributed by atoms with E-state index in [1.165, 1.54) is 11.3 Å². The van der Waals surface area contributed by atoms with Crippen LogP contribution in [0.4, 0.5) is 5.82 Å². The van der Waals surface area contributed by atoms with Gasteiger partial charge in [0.2, 0.25) is 5.89 Å². The van der Waals surface area contributed by atoms with Gasteiger partial charge in [-0.3, -0.25) is 4.98 Å². The molecule has 1 aromatic carbocycles. The van der Waals surface area contributed by atoms with Crippen LogP contribution in [0.5, 0.6) is 0 Å². The predicted octanol–water partition coefficient (Wildman–Crippen LogP) is 4.15. The maximum absolute atomic E-state index is 5.98. The molecule has 1 fully saturated rings. The van der Waals surface area contributed by atoms with Crippen LogP contribution in [0.25, 0.3) is 23.0 Å². The average molecular weight is 438 g/mol. The normalized spacial score (nSPS) is 16.4. The molecule has 0 amide bonds. The zero-order valence-electron chi connectivity index (χ0n) is 19.3. The van der Waals surface area contributed by atoms with E-state index in [0.717, 1.165) is 49.7 Å². The summed E-state index contributed by atoms with van der Waals surface area (Å²) in [7, 11) is 1.93. The third kappa shape index (κ3) is 4.50. The Morgan fingerprint density at radius 1 is 1.22 bits per heavy atom. The molecule has 172 valence electrons. The average Bonchev–Trinajstić information content (AvgIpc) is 3.29. The van der Waals surface area contributed by atoms with E-state index in [1.54, 1.807) is 0 Å². The highest BCUT2D eigenvalue weighted by molar-refractivity contribution is 5.58. The van der Waals surface area contributed by atoms with Crippen LogP contribution in [0.15, 0.2) is 47.2 Å². The Labute approximate surface area is 192 Å². The first-order valence-corrected chi connectivity index (χ1v) is 11.1. The lowest BCUT2D eigenvalue weighted by molar-refractivity contribution is 0.237. The molecule has 8 heteroatoms.